The van der Waals surface area contributed by atoms with Crippen LogP contribution in [0, 0.1) is 0 Å². The van der Waals surface area contributed by atoms with Crippen LogP contribution in [0.2, 0.25) is 0 Å². The number of rotatable bonds is 22. The van der Waals surface area contributed by atoms with E-state index in [1.807, 2.05) is 0 Å². The minimum absolute atomic E-state index is 0.0134. The second-order valence-electron chi connectivity index (χ2n) is 12.4. The Balaban J connectivity index is 1.63. The third kappa shape index (κ3) is 10.6. The van der Waals surface area contributed by atoms with E-state index in [-0.39, 0.29) is 5.41 Å². The molecule has 2 heteroatoms. The van der Waals surface area contributed by atoms with Gasteiger partial charge < -0.3 is 0 Å². The van der Waals surface area contributed by atoms with Gasteiger partial charge in [-0.3, -0.25) is 0 Å². The SMILES string of the molecule is CCCCCCCCCCCCCC[n+]1cc[nH]c1C(CCCCC)C(C)(Cc1ccccc1)c1ccccc1. The van der Waals surface area contributed by atoms with Crippen molar-refractivity contribution < 1.29 is 4.57 Å². The lowest BCUT2D eigenvalue weighted by molar-refractivity contribution is -0.705. The van der Waals surface area contributed by atoms with Gasteiger partial charge in [0.15, 0.2) is 0 Å². The van der Waals surface area contributed by atoms with E-state index in [4.69, 9.17) is 0 Å². The normalized spacial score (nSPS) is 13.8. The van der Waals surface area contributed by atoms with Gasteiger partial charge in [-0.15, -0.1) is 0 Å². The zero-order valence-electron chi connectivity index (χ0n) is 26.2. The van der Waals surface area contributed by atoms with E-state index in [0.29, 0.717) is 5.92 Å². The van der Waals surface area contributed by atoms with Crippen LogP contribution in [0.15, 0.2) is 73.1 Å². The molecule has 0 saturated carbocycles. The maximum atomic E-state index is 3.75. The first kappa shape index (κ1) is 32.2. The molecule has 0 bridgehead atoms. The predicted octanol–water partition coefficient (Wildman–Crippen LogP) is 10.9. The highest BCUT2D eigenvalue weighted by Crippen LogP contribution is 2.43. The molecule has 0 amide bonds. The summed E-state index contributed by atoms with van der Waals surface area (Å²) in [6, 6.07) is 22.4. The smallest absolute Gasteiger partial charge is 0.247 e. The van der Waals surface area contributed by atoms with Crippen molar-refractivity contribution in [2.24, 2.45) is 0 Å². The highest BCUT2D eigenvalue weighted by molar-refractivity contribution is 5.32. The average Bonchev–Trinajstić information content (AvgIpc) is 3.44. The second kappa shape index (κ2) is 18.9. The van der Waals surface area contributed by atoms with Gasteiger partial charge in [0.1, 0.15) is 12.4 Å². The summed E-state index contributed by atoms with van der Waals surface area (Å²) in [6.07, 6.45) is 27.4. The van der Waals surface area contributed by atoms with Crippen molar-refractivity contribution in [2.75, 3.05) is 0 Å². The number of unbranched alkanes of at least 4 members (excludes halogenated alkanes) is 13. The van der Waals surface area contributed by atoms with E-state index in [9.17, 15) is 0 Å². The van der Waals surface area contributed by atoms with Crippen LogP contribution in [-0.4, -0.2) is 4.98 Å². The molecule has 2 atom stereocenters. The van der Waals surface area contributed by atoms with Crippen LogP contribution >= 0.6 is 0 Å². The average molecular weight is 544 g/mol. The van der Waals surface area contributed by atoms with Crippen LogP contribution < -0.4 is 4.57 Å². The van der Waals surface area contributed by atoms with Gasteiger partial charge in [-0.2, -0.15) is 0 Å². The van der Waals surface area contributed by atoms with Gasteiger partial charge >= 0.3 is 0 Å². The first-order valence-corrected chi connectivity index (χ1v) is 16.8. The van der Waals surface area contributed by atoms with Crippen LogP contribution in [0.3, 0.4) is 0 Å². The molecule has 0 spiro atoms. The van der Waals surface area contributed by atoms with Crippen LogP contribution in [0.25, 0.3) is 0 Å². The van der Waals surface area contributed by atoms with Gasteiger partial charge in [-0.1, -0.05) is 165 Å². The van der Waals surface area contributed by atoms with Crippen molar-refractivity contribution in [1.82, 2.24) is 4.98 Å². The molecule has 2 nitrogen and oxygen atoms in total. The molecule has 0 radical (unpaired) electrons. The van der Waals surface area contributed by atoms with Crippen LogP contribution in [-0.2, 0) is 18.4 Å². The maximum absolute atomic E-state index is 3.75. The number of aromatic amines is 1. The quantitative estimate of drug-likeness (QED) is 0.0960. The van der Waals surface area contributed by atoms with E-state index in [1.165, 1.54) is 120 Å². The van der Waals surface area contributed by atoms with E-state index in [0.717, 1.165) is 13.0 Å². The highest BCUT2D eigenvalue weighted by Gasteiger charge is 2.41. The zero-order valence-corrected chi connectivity index (χ0v) is 26.2. The fourth-order valence-electron chi connectivity index (χ4n) is 6.62. The number of imidazole rings is 1. The minimum atomic E-state index is 0.0134. The minimum Gasteiger partial charge on any atom is -0.247 e. The Morgan fingerprint density at radius 3 is 1.77 bits per heavy atom. The third-order valence-corrected chi connectivity index (χ3v) is 9.09. The molecule has 3 aromatic rings. The van der Waals surface area contributed by atoms with Crippen LogP contribution in [0.4, 0.5) is 0 Å². The molecule has 0 aliphatic rings. The molecule has 0 fully saturated rings. The van der Waals surface area contributed by atoms with E-state index in [1.54, 1.807) is 0 Å². The highest BCUT2D eigenvalue weighted by atomic mass is 15.1. The molecule has 0 aliphatic heterocycles. The van der Waals surface area contributed by atoms with Crippen molar-refractivity contribution >= 4 is 0 Å². The molecule has 3 rings (SSSR count). The summed E-state index contributed by atoms with van der Waals surface area (Å²) in [5.74, 6) is 1.86. The van der Waals surface area contributed by atoms with Crippen molar-refractivity contribution in [1.29, 1.82) is 0 Å². The maximum Gasteiger partial charge on any atom is 0.258 e. The molecule has 0 saturated heterocycles. The zero-order chi connectivity index (χ0) is 28.3. The first-order chi connectivity index (χ1) is 19.7. The Morgan fingerprint density at radius 2 is 1.18 bits per heavy atom. The van der Waals surface area contributed by atoms with Gasteiger partial charge in [0.25, 0.3) is 5.82 Å². The van der Waals surface area contributed by atoms with Crippen molar-refractivity contribution in [3.8, 4) is 0 Å². The molecule has 1 aromatic heterocycles. The summed E-state index contributed by atoms with van der Waals surface area (Å²) >= 11 is 0. The Morgan fingerprint density at radius 1 is 0.650 bits per heavy atom. The summed E-state index contributed by atoms with van der Waals surface area (Å²) < 4.78 is 2.55. The fraction of sp³-hybridized carbons (Fsp3) is 0.605. The standard InChI is InChI=1S/C38H58N2/c1-4-6-8-9-10-11-12-13-14-15-16-24-31-40-32-30-39-37(40)36(29-19-7-5-2)38(3,35-27-22-18-23-28-35)33-34-25-20-17-21-26-34/h17-18,20-23,25-28,30,32,36H,4-16,19,24,29,31,33H2,1-3H3/p+1. The lowest BCUT2D eigenvalue weighted by atomic mass is 9.66. The molecular weight excluding hydrogens is 484 g/mol. The number of nitrogens with one attached hydrogen (secondary N) is 1. The van der Waals surface area contributed by atoms with Gasteiger partial charge in [0, 0.05) is 5.41 Å². The van der Waals surface area contributed by atoms with E-state index >= 15 is 0 Å². The number of aryl methyl sites for hydroxylation is 1. The Hall–Kier alpha value is -2.35. The number of nitrogens with zero attached hydrogens (tertiary/aromatic N) is 1. The van der Waals surface area contributed by atoms with Crippen molar-refractivity contribution in [2.45, 2.75) is 148 Å². The fourth-order valence-corrected chi connectivity index (χ4v) is 6.62. The summed E-state index contributed by atoms with van der Waals surface area (Å²) in [5.41, 5.74) is 2.89. The largest absolute Gasteiger partial charge is 0.258 e. The van der Waals surface area contributed by atoms with Crippen LogP contribution in [0.1, 0.15) is 146 Å². The summed E-state index contributed by atoms with van der Waals surface area (Å²) in [6.45, 7) is 8.25. The van der Waals surface area contributed by atoms with Crippen molar-refractivity contribution in [3.63, 3.8) is 0 Å². The van der Waals surface area contributed by atoms with E-state index in [2.05, 4.69) is 103 Å². The summed E-state index contributed by atoms with van der Waals surface area (Å²) in [5, 5.41) is 0. The second-order valence-corrected chi connectivity index (χ2v) is 12.4. The molecule has 1 heterocycles. The number of hydrogen-bond donors (Lipinski definition) is 1. The summed E-state index contributed by atoms with van der Waals surface area (Å²) in [7, 11) is 0. The lowest BCUT2D eigenvalue weighted by Gasteiger charge is -2.37. The predicted molar refractivity (Wildman–Crippen MR) is 173 cm³/mol. The Kier molecular flexibility index (Phi) is 15.2. The topological polar surface area (TPSA) is 19.7 Å². The number of H-pyrrole nitrogens is 1. The van der Waals surface area contributed by atoms with Gasteiger partial charge in [-0.25, -0.2) is 9.55 Å². The molecule has 2 unspecified atom stereocenters. The lowest BCUT2D eigenvalue weighted by Crippen LogP contribution is -2.43. The Labute approximate surface area is 247 Å². The molecule has 1 N–H and O–H groups in total. The Bertz CT molecular complexity index is 1010. The van der Waals surface area contributed by atoms with Crippen LogP contribution in [0.5, 0.6) is 0 Å². The molecule has 2 aromatic carbocycles. The van der Waals surface area contributed by atoms with E-state index < -0.39 is 0 Å². The molecular formula is C38H59N2+. The first-order valence-electron chi connectivity index (χ1n) is 16.8. The number of benzene rings is 2. The number of hydrogen-bond acceptors (Lipinski definition) is 0. The number of aromatic nitrogens is 2. The van der Waals surface area contributed by atoms with Gasteiger partial charge in [0.05, 0.1) is 12.5 Å². The monoisotopic (exact) mass is 543 g/mol. The van der Waals surface area contributed by atoms with Gasteiger partial charge in [-0.05, 0) is 36.8 Å². The molecule has 0 aliphatic carbocycles. The summed E-state index contributed by atoms with van der Waals surface area (Å²) in [4.78, 5) is 3.75. The molecule has 220 valence electrons. The van der Waals surface area contributed by atoms with Gasteiger partial charge in [0.2, 0.25) is 0 Å². The van der Waals surface area contributed by atoms with Crippen molar-refractivity contribution in [3.05, 3.63) is 90.0 Å². The third-order valence-electron chi connectivity index (χ3n) is 9.09. The molecule has 40 heavy (non-hydrogen) atoms.